The summed E-state index contributed by atoms with van der Waals surface area (Å²) in [4.78, 5) is 41.9. The van der Waals surface area contributed by atoms with Gasteiger partial charge in [-0.25, -0.2) is 4.79 Å². The highest BCUT2D eigenvalue weighted by Gasteiger charge is 2.40. The molecule has 1 unspecified atom stereocenters. The van der Waals surface area contributed by atoms with E-state index in [1.807, 2.05) is 34.6 Å². The third-order valence-electron chi connectivity index (χ3n) is 5.72. The van der Waals surface area contributed by atoms with Gasteiger partial charge in [0.1, 0.15) is 6.04 Å². The zero-order valence-corrected chi connectivity index (χ0v) is 20.6. The molecule has 0 aromatic heterocycles. The molecule has 8 nitrogen and oxygen atoms in total. The maximum atomic E-state index is 13.5. The van der Waals surface area contributed by atoms with Gasteiger partial charge >= 0.3 is 5.97 Å². The highest BCUT2D eigenvalue weighted by Crippen LogP contribution is 2.25. The van der Waals surface area contributed by atoms with Crippen molar-refractivity contribution in [1.29, 1.82) is 0 Å². The van der Waals surface area contributed by atoms with E-state index in [9.17, 15) is 19.5 Å². The molecule has 1 heterocycles. The predicted octanol–water partition coefficient (Wildman–Crippen LogP) is 1.57. The van der Waals surface area contributed by atoms with Gasteiger partial charge in [0.15, 0.2) is 0 Å². The van der Waals surface area contributed by atoms with Crippen LogP contribution in [-0.2, 0) is 19.1 Å². The van der Waals surface area contributed by atoms with Crippen LogP contribution in [0, 0.1) is 11.3 Å². The lowest BCUT2D eigenvalue weighted by atomic mass is 9.85. The third kappa shape index (κ3) is 7.31. The molecule has 0 spiro atoms. The maximum absolute atomic E-state index is 13.5. The lowest BCUT2D eigenvalue weighted by Crippen LogP contribution is -2.58. The van der Waals surface area contributed by atoms with Crippen LogP contribution in [0.4, 0.5) is 0 Å². The fraction of sp³-hybridized carbons (Fsp3) is 0.783. The molecule has 0 saturated carbocycles. The SMILES string of the molecule is CCOC(=O)C(C)=C[C@H](C(C)C)N(C)C(=O)[C@@H](NC(=O)C1C[C@@H](O)CN1C)C(C)(C)C. The lowest BCUT2D eigenvalue weighted by molar-refractivity contribution is -0.141. The van der Waals surface area contributed by atoms with Crippen molar-refractivity contribution in [2.24, 2.45) is 11.3 Å². The number of carbonyl (C=O) groups excluding carboxylic acids is 3. The molecule has 178 valence electrons. The number of aliphatic hydroxyl groups is 1. The number of nitrogens with zero attached hydrogens (tertiary/aromatic N) is 2. The van der Waals surface area contributed by atoms with Gasteiger partial charge in [-0.3, -0.25) is 14.5 Å². The van der Waals surface area contributed by atoms with Crippen molar-refractivity contribution in [3.05, 3.63) is 11.6 Å². The van der Waals surface area contributed by atoms with Crippen molar-refractivity contribution < 1.29 is 24.2 Å². The Morgan fingerprint density at radius 2 is 1.87 bits per heavy atom. The minimum Gasteiger partial charge on any atom is -0.463 e. The van der Waals surface area contributed by atoms with Crippen LogP contribution in [0.15, 0.2) is 11.6 Å². The highest BCUT2D eigenvalue weighted by atomic mass is 16.5. The average Bonchev–Trinajstić information content (AvgIpc) is 2.99. The molecule has 0 aromatic carbocycles. The number of aliphatic hydroxyl groups excluding tert-OH is 1. The fourth-order valence-corrected chi connectivity index (χ4v) is 3.84. The minimum atomic E-state index is -0.756. The molecule has 1 saturated heterocycles. The Morgan fingerprint density at radius 3 is 2.29 bits per heavy atom. The number of hydrogen-bond acceptors (Lipinski definition) is 6. The third-order valence-corrected chi connectivity index (χ3v) is 5.72. The number of likely N-dealkylation sites (N-methyl/N-ethyl adjacent to an activating group) is 2. The second kappa shape index (κ2) is 11.1. The quantitative estimate of drug-likeness (QED) is 0.440. The highest BCUT2D eigenvalue weighted by molar-refractivity contribution is 5.91. The Balaban J connectivity index is 3.11. The van der Waals surface area contributed by atoms with Crippen LogP contribution in [0.25, 0.3) is 0 Å². The van der Waals surface area contributed by atoms with Crippen LogP contribution in [0.2, 0.25) is 0 Å². The molecular weight excluding hydrogens is 398 g/mol. The molecule has 1 aliphatic heterocycles. The molecule has 0 bridgehead atoms. The first-order chi connectivity index (χ1) is 14.2. The van der Waals surface area contributed by atoms with E-state index in [-0.39, 0.29) is 30.4 Å². The first-order valence-corrected chi connectivity index (χ1v) is 11.0. The van der Waals surface area contributed by atoms with Gasteiger partial charge in [-0.15, -0.1) is 0 Å². The van der Waals surface area contributed by atoms with E-state index in [0.29, 0.717) is 18.5 Å². The molecule has 0 aliphatic carbocycles. The molecule has 1 rings (SSSR count). The predicted molar refractivity (Wildman–Crippen MR) is 120 cm³/mol. The van der Waals surface area contributed by atoms with E-state index < -0.39 is 29.6 Å². The molecular formula is C23H41N3O5. The summed E-state index contributed by atoms with van der Waals surface area (Å²) in [6.45, 7) is 13.8. The molecule has 0 aromatic rings. The van der Waals surface area contributed by atoms with E-state index >= 15 is 0 Å². The van der Waals surface area contributed by atoms with E-state index in [4.69, 9.17) is 4.74 Å². The van der Waals surface area contributed by atoms with E-state index in [2.05, 4.69) is 5.32 Å². The number of likely N-dealkylation sites (tertiary alicyclic amines) is 1. The number of amides is 2. The Morgan fingerprint density at radius 1 is 1.29 bits per heavy atom. The van der Waals surface area contributed by atoms with E-state index in [1.165, 1.54) is 0 Å². The topological polar surface area (TPSA) is 99.2 Å². The van der Waals surface area contributed by atoms with Crippen LogP contribution in [0.3, 0.4) is 0 Å². The van der Waals surface area contributed by atoms with Crippen LogP contribution in [0.5, 0.6) is 0 Å². The van der Waals surface area contributed by atoms with Gasteiger partial charge in [-0.05, 0) is 38.6 Å². The minimum absolute atomic E-state index is 0.0470. The number of ether oxygens (including phenoxy) is 1. The molecule has 8 heteroatoms. The van der Waals surface area contributed by atoms with Gasteiger partial charge in [0.2, 0.25) is 11.8 Å². The molecule has 1 aliphatic rings. The lowest BCUT2D eigenvalue weighted by Gasteiger charge is -2.38. The molecule has 31 heavy (non-hydrogen) atoms. The smallest absolute Gasteiger partial charge is 0.333 e. The Hall–Kier alpha value is -1.93. The largest absolute Gasteiger partial charge is 0.463 e. The van der Waals surface area contributed by atoms with Gasteiger partial charge in [-0.2, -0.15) is 0 Å². The summed E-state index contributed by atoms with van der Waals surface area (Å²) in [5.41, 5.74) is -0.0868. The number of nitrogens with one attached hydrogen (secondary N) is 1. The Labute approximate surface area is 187 Å². The van der Waals surface area contributed by atoms with Crippen molar-refractivity contribution in [1.82, 2.24) is 15.1 Å². The van der Waals surface area contributed by atoms with Gasteiger partial charge in [0, 0.05) is 19.2 Å². The van der Waals surface area contributed by atoms with Crippen molar-refractivity contribution >= 4 is 17.8 Å². The zero-order valence-electron chi connectivity index (χ0n) is 20.6. The van der Waals surface area contributed by atoms with Crippen molar-refractivity contribution in [3.63, 3.8) is 0 Å². The molecule has 2 N–H and O–H groups in total. The first-order valence-electron chi connectivity index (χ1n) is 11.0. The summed E-state index contributed by atoms with van der Waals surface area (Å²) < 4.78 is 5.06. The summed E-state index contributed by atoms with van der Waals surface area (Å²) in [6, 6.07) is -1.56. The number of rotatable bonds is 8. The van der Waals surface area contributed by atoms with Gasteiger partial charge in [0.25, 0.3) is 0 Å². The number of carbonyl (C=O) groups is 3. The second-order valence-corrected chi connectivity index (χ2v) is 9.91. The van der Waals surface area contributed by atoms with E-state index in [1.54, 1.807) is 43.8 Å². The summed E-state index contributed by atoms with van der Waals surface area (Å²) in [5.74, 6) is -0.850. The Kier molecular flexibility index (Phi) is 9.69. The molecule has 1 fully saturated rings. The molecule has 4 atom stereocenters. The van der Waals surface area contributed by atoms with Gasteiger partial charge in [0.05, 0.1) is 24.8 Å². The fourth-order valence-electron chi connectivity index (χ4n) is 3.84. The average molecular weight is 440 g/mol. The Bertz CT molecular complexity index is 683. The van der Waals surface area contributed by atoms with Crippen molar-refractivity contribution in [2.45, 2.75) is 79.1 Å². The maximum Gasteiger partial charge on any atom is 0.333 e. The number of esters is 1. The normalized spacial score (nSPS) is 22.2. The van der Waals surface area contributed by atoms with Crippen molar-refractivity contribution in [3.8, 4) is 0 Å². The van der Waals surface area contributed by atoms with E-state index in [0.717, 1.165) is 0 Å². The van der Waals surface area contributed by atoms with Crippen molar-refractivity contribution in [2.75, 3.05) is 27.2 Å². The number of β-amino-alcohol motifs (C(OH)–C–C–N with tert-alkyl or cyclic N) is 1. The van der Waals surface area contributed by atoms with Crippen LogP contribution in [0.1, 0.15) is 54.9 Å². The van der Waals surface area contributed by atoms with Crippen LogP contribution >= 0.6 is 0 Å². The van der Waals surface area contributed by atoms with Crippen LogP contribution < -0.4 is 5.32 Å². The van der Waals surface area contributed by atoms with Crippen LogP contribution in [-0.4, -0.2) is 84.2 Å². The summed E-state index contributed by atoms with van der Waals surface area (Å²) >= 11 is 0. The standard InChI is InChI=1S/C23H41N3O5/c1-10-31-22(30)15(4)11-17(14(2)3)26(9)21(29)19(23(5,6)7)24-20(28)18-12-16(27)13-25(18)8/h11,14,16-19,27H,10,12-13H2,1-9H3,(H,24,28)/t16-,17-,18?,19-/m1/s1. The summed E-state index contributed by atoms with van der Waals surface area (Å²) in [7, 11) is 3.48. The van der Waals surface area contributed by atoms with Gasteiger partial charge < -0.3 is 20.1 Å². The summed E-state index contributed by atoms with van der Waals surface area (Å²) in [6.07, 6.45) is 1.55. The summed E-state index contributed by atoms with van der Waals surface area (Å²) in [5, 5.41) is 12.8. The first kappa shape index (κ1) is 27.1. The number of hydrogen-bond donors (Lipinski definition) is 2. The second-order valence-electron chi connectivity index (χ2n) is 9.91. The van der Waals surface area contributed by atoms with Gasteiger partial charge in [-0.1, -0.05) is 40.7 Å². The zero-order chi connectivity index (χ0) is 24.1. The monoisotopic (exact) mass is 439 g/mol. The molecule has 2 amide bonds. The molecule has 0 radical (unpaired) electrons.